The number of aryl methyl sites for hydroxylation is 2. The number of fused-ring (bicyclic) bond motifs is 1. The maximum Gasteiger partial charge on any atom is 0.322 e. The number of nitrogen functional groups attached to an aromatic ring is 1. The Kier molecular flexibility index (Phi) is 5.29. The number of halogens is 1. The van der Waals surface area contributed by atoms with E-state index in [1.54, 1.807) is 24.4 Å². The molecule has 3 N–H and O–H groups in total. The number of rotatable bonds is 5. The van der Waals surface area contributed by atoms with Gasteiger partial charge in [0.05, 0.1) is 11.1 Å². The van der Waals surface area contributed by atoms with Crippen molar-refractivity contribution in [3.8, 4) is 34.1 Å². The number of hydrogen-bond acceptors (Lipinski definition) is 7. The Morgan fingerprint density at radius 1 is 1.00 bits per heavy atom. The van der Waals surface area contributed by atoms with Crippen molar-refractivity contribution in [3.05, 3.63) is 72.6 Å². The first-order chi connectivity index (χ1) is 16.5. The van der Waals surface area contributed by atoms with Crippen LogP contribution in [0, 0.1) is 12.7 Å². The molecule has 0 amide bonds. The molecule has 5 rings (SSSR count). The molecule has 0 saturated heterocycles. The van der Waals surface area contributed by atoms with E-state index in [9.17, 15) is 0 Å². The van der Waals surface area contributed by atoms with Gasteiger partial charge in [-0.1, -0.05) is 18.2 Å². The predicted octanol–water partition coefficient (Wildman–Crippen LogP) is 4.96. The van der Waals surface area contributed by atoms with Crippen molar-refractivity contribution >= 4 is 22.5 Å². The van der Waals surface area contributed by atoms with Gasteiger partial charge in [0.25, 0.3) is 0 Å². The quantitative estimate of drug-likeness (QED) is 0.386. The van der Waals surface area contributed by atoms with Crippen LogP contribution in [0.5, 0.6) is 11.8 Å². The molecule has 3 aromatic heterocycles. The Balaban J connectivity index is 1.67. The molecular weight excluding hydrogens is 433 g/mol. The SMILES string of the molecule is CNc1ccc(-c2c(-c3ccc(Oc4nccc(C)n4)c(F)c3)c3c(N)ncnc3n2C)cc1. The summed E-state index contributed by atoms with van der Waals surface area (Å²) in [5.74, 6) is -0.201. The molecule has 34 heavy (non-hydrogen) atoms. The molecule has 0 aliphatic heterocycles. The van der Waals surface area contributed by atoms with E-state index >= 15 is 4.39 Å². The van der Waals surface area contributed by atoms with Crippen LogP contribution in [0.25, 0.3) is 33.4 Å². The van der Waals surface area contributed by atoms with E-state index in [2.05, 4.69) is 25.3 Å². The lowest BCUT2D eigenvalue weighted by atomic mass is 9.98. The van der Waals surface area contributed by atoms with Gasteiger partial charge < -0.3 is 20.4 Å². The summed E-state index contributed by atoms with van der Waals surface area (Å²) in [7, 11) is 3.77. The van der Waals surface area contributed by atoms with Crippen molar-refractivity contribution < 1.29 is 9.13 Å². The number of nitrogens with two attached hydrogens (primary N) is 1. The number of nitrogens with zero attached hydrogens (tertiary/aromatic N) is 5. The van der Waals surface area contributed by atoms with Gasteiger partial charge in [-0.15, -0.1) is 0 Å². The molecule has 0 bridgehead atoms. The molecule has 0 radical (unpaired) electrons. The summed E-state index contributed by atoms with van der Waals surface area (Å²) in [5.41, 5.74) is 11.8. The molecule has 0 aliphatic carbocycles. The minimum absolute atomic E-state index is 0.0266. The standard InChI is InChI=1S/C25H22FN7O/c1-14-10-11-29-25(32-14)34-19-9-6-16(12-18(19)26)20-21-23(27)30-13-31-24(21)33(3)22(20)15-4-7-17(28-2)8-5-15/h4-13,28H,1-3H3,(H2,27,30,31). The Hall–Kier alpha value is -4.53. The molecule has 9 heteroatoms. The molecule has 0 unspecified atom stereocenters. The third-order valence-electron chi connectivity index (χ3n) is 5.64. The average Bonchev–Trinajstić information content (AvgIpc) is 3.14. The topological polar surface area (TPSA) is 104 Å². The number of anilines is 2. The Morgan fingerprint density at radius 2 is 1.76 bits per heavy atom. The van der Waals surface area contributed by atoms with Gasteiger partial charge in [0.1, 0.15) is 17.8 Å². The maximum absolute atomic E-state index is 15.2. The largest absolute Gasteiger partial charge is 0.421 e. The minimum Gasteiger partial charge on any atom is -0.421 e. The third kappa shape index (κ3) is 3.66. The van der Waals surface area contributed by atoms with E-state index in [1.807, 2.05) is 49.9 Å². The molecule has 3 heterocycles. The summed E-state index contributed by atoms with van der Waals surface area (Å²) in [5, 5.41) is 3.78. The van der Waals surface area contributed by atoms with E-state index in [0.717, 1.165) is 28.2 Å². The fourth-order valence-electron chi connectivity index (χ4n) is 4.00. The zero-order valence-corrected chi connectivity index (χ0v) is 18.9. The van der Waals surface area contributed by atoms with E-state index in [1.165, 1.54) is 12.4 Å². The van der Waals surface area contributed by atoms with Crippen LogP contribution < -0.4 is 15.8 Å². The molecule has 0 saturated carbocycles. The Labute approximate surface area is 195 Å². The number of hydrogen-bond donors (Lipinski definition) is 2. The van der Waals surface area contributed by atoms with Gasteiger partial charge in [0.15, 0.2) is 11.6 Å². The van der Waals surface area contributed by atoms with Gasteiger partial charge >= 0.3 is 6.01 Å². The highest BCUT2D eigenvalue weighted by Gasteiger charge is 2.23. The molecule has 0 aliphatic rings. The summed E-state index contributed by atoms with van der Waals surface area (Å²) in [4.78, 5) is 16.8. The van der Waals surface area contributed by atoms with Gasteiger partial charge in [0.2, 0.25) is 0 Å². The lowest BCUT2D eigenvalue weighted by Crippen LogP contribution is -1.96. The van der Waals surface area contributed by atoms with Crippen LogP contribution >= 0.6 is 0 Å². The predicted molar refractivity (Wildman–Crippen MR) is 130 cm³/mol. The Morgan fingerprint density at radius 3 is 2.47 bits per heavy atom. The van der Waals surface area contributed by atoms with Crippen LogP contribution in [0.3, 0.4) is 0 Å². The van der Waals surface area contributed by atoms with Crippen LogP contribution in [-0.2, 0) is 7.05 Å². The summed E-state index contributed by atoms with van der Waals surface area (Å²) >= 11 is 0. The number of ether oxygens (including phenoxy) is 1. The lowest BCUT2D eigenvalue weighted by Gasteiger charge is -2.11. The van der Waals surface area contributed by atoms with Crippen molar-refractivity contribution in [2.24, 2.45) is 7.05 Å². The van der Waals surface area contributed by atoms with E-state index in [0.29, 0.717) is 22.4 Å². The van der Waals surface area contributed by atoms with E-state index in [-0.39, 0.29) is 11.8 Å². The second kappa shape index (κ2) is 8.43. The summed E-state index contributed by atoms with van der Waals surface area (Å²) < 4.78 is 22.7. The van der Waals surface area contributed by atoms with Gasteiger partial charge in [-0.3, -0.25) is 0 Å². The van der Waals surface area contributed by atoms with Gasteiger partial charge in [0, 0.05) is 37.2 Å². The highest BCUT2D eigenvalue weighted by molar-refractivity contribution is 6.07. The van der Waals surface area contributed by atoms with E-state index < -0.39 is 5.82 Å². The molecule has 0 spiro atoms. The third-order valence-corrected chi connectivity index (χ3v) is 5.64. The van der Waals surface area contributed by atoms with Crippen LogP contribution in [0.2, 0.25) is 0 Å². The molecule has 5 aromatic rings. The van der Waals surface area contributed by atoms with E-state index in [4.69, 9.17) is 10.5 Å². The average molecular weight is 455 g/mol. The number of aromatic nitrogens is 5. The minimum atomic E-state index is -0.550. The van der Waals surface area contributed by atoms with Crippen LogP contribution in [0.15, 0.2) is 61.1 Å². The molecule has 0 atom stereocenters. The van der Waals surface area contributed by atoms with Crippen molar-refractivity contribution in [2.45, 2.75) is 6.92 Å². The summed E-state index contributed by atoms with van der Waals surface area (Å²) in [6.07, 6.45) is 2.99. The zero-order valence-electron chi connectivity index (χ0n) is 18.9. The molecule has 170 valence electrons. The first-order valence-corrected chi connectivity index (χ1v) is 10.6. The highest BCUT2D eigenvalue weighted by atomic mass is 19.1. The molecule has 0 fully saturated rings. The first kappa shape index (κ1) is 21.3. The second-order valence-corrected chi connectivity index (χ2v) is 7.80. The van der Waals surface area contributed by atoms with Gasteiger partial charge in [-0.25, -0.2) is 24.3 Å². The lowest BCUT2D eigenvalue weighted by molar-refractivity contribution is 0.410. The summed E-state index contributed by atoms with van der Waals surface area (Å²) in [6.45, 7) is 1.81. The smallest absolute Gasteiger partial charge is 0.322 e. The van der Waals surface area contributed by atoms with Crippen molar-refractivity contribution in [3.63, 3.8) is 0 Å². The van der Waals surface area contributed by atoms with Crippen LogP contribution in [-0.4, -0.2) is 31.6 Å². The van der Waals surface area contributed by atoms with Crippen LogP contribution in [0.1, 0.15) is 5.69 Å². The fraction of sp³-hybridized carbons (Fsp3) is 0.120. The number of benzene rings is 2. The molecular formula is C25H22FN7O. The molecule has 8 nitrogen and oxygen atoms in total. The first-order valence-electron chi connectivity index (χ1n) is 10.6. The van der Waals surface area contributed by atoms with Gasteiger partial charge in [-0.05, 0) is 48.4 Å². The van der Waals surface area contributed by atoms with Crippen molar-refractivity contribution in [2.75, 3.05) is 18.1 Å². The highest BCUT2D eigenvalue weighted by Crippen LogP contribution is 2.42. The van der Waals surface area contributed by atoms with Crippen molar-refractivity contribution in [1.29, 1.82) is 0 Å². The normalized spacial score (nSPS) is 11.1. The molecule has 2 aromatic carbocycles. The Bertz CT molecular complexity index is 1510. The number of nitrogens with one attached hydrogen (secondary N) is 1. The van der Waals surface area contributed by atoms with Crippen LogP contribution in [0.4, 0.5) is 15.9 Å². The van der Waals surface area contributed by atoms with Gasteiger partial charge in [-0.2, -0.15) is 0 Å². The van der Waals surface area contributed by atoms with Crippen molar-refractivity contribution in [1.82, 2.24) is 24.5 Å². The summed E-state index contributed by atoms with van der Waals surface area (Å²) in [6, 6.07) is 14.5. The fourth-order valence-corrected chi connectivity index (χ4v) is 4.00. The monoisotopic (exact) mass is 455 g/mol. The zero-order chi connectivity index (χ0) is 23.8. The second-order valence-electron chi connectivity index (χ2n) is 7.80. The maximum atomic E-state index is 15.2.